The number of nitrogens with zero attached hydrogens (tertiary/aromatic N) is 6. The topological polar surface area (TPSA) is 88.4 Å². The second kappa shape index (κ2) is 10.2. The van der Waals surface area contributed by atoms with Crippen LogP contribution >= 0.6 is 11.6 Å². The van der Waals surface area contributed by atoms with E-state index in [1.165, 1.54) is 32.7 Å². The zero-order valence-corrected chi connectivity index (χ0v) is 22.7. The summed E-state index contributed by atoms with van der Waals surface area (Å²) >= 11 is 5.99. The number of halogens is 1. The van der Waals surface area contributed by atoms with E-state index in [0.29, 0.717) is 22.1 Å². The summed E-state index contributed by atoms with van der Waals surface area (Å²) in [6.07, 6.45) is 10.9. The first-order valence-electron chi connectivity index (χ1n) is 13.4. The summed E-state index contributed by atoms with van der Waals surface area (Å²) in [7, 11) is 0. The first-order chi connectivity index (χ1) is 20.1. The smallest absolute Gasteiger partial charge is 0.186 e. The lowest BCUT2D eigenvalue weighted by Crippen LogP contribution is -2.23. The first-order valence-corrected chi connectivity index (χ1v) is 13.8. The second-order valence-electron chi connectivity index (χ2n) is 10.2. The van der Waals surface area contributed by atoms with Crippen molar-refractivity contribution in [3.05, 3.63) is 125 Å². The Labute approximate surface area is 240 Å². The van der Waals surface area contributed by atoms with Crippen LogP contribution in [0.4, 0.5) is 0 Å². The molecule has 0 saturated heterocycles. The molecule has 198 valence electrons. The van der Waals surface area contributed by atoms with Gasteiger partial charge in [0.25, 0.3) is 0 Å². The molecule has 4 heterocycles. The summed E-state index contributed by atoms with van der Waals surface area (Å²) in [6.45, 7) is 0. The van der Waals surface area contributed by atoms with E-state index in [1.54, 1.807) is 52.0 Å². The Balaban J connectivity index is 0.000000210. The number of rotatable bonds is 2. The Morgan fingerprint density at radius 2 is 1.88 bits per heavy atom. The summed E-state index contributed by atoms with van der Waals surface area (Å²) in [5.74, 6) is 0.0247. The molecule has 3 aromatic carbocycles. The highest BCUT2D eigenvalue weighted by atomic mass is 35.5. The van der Waals surface area contributed by atoms with E-state index in [2.05, 4.69) is 69.7 Å². The van der Waals surface area contributed by atoms with Crippen LogP contribution in [-0.4, -0.2) is 29.8 Å². The predicted octanol–water partition coefficient (Wildman–Crippen LogP) is 6.88. The van der Waals surface area contributed by atoms with Gasteiger partial charge >= 0.3 is 0 Å². The molecule has 0 fully saturated rings. The molecule has 1 aliphatic rings. The number of hydrogen-bond acceptors (Lipinski definition) is 5. The third kappa shape index (κ3) is 4.48. The van der Waals surface area contributed by atoms with Crippen molar-refractivity contribution in [3.63, 3.8) is 0 Å². The minimum atomic E-state index is -0.0595. The molecule has 0 N–H and O–H groups in total. The fourth-order valence-corrected chi connectivity index (χ4v) is 5.97. The molecule has 7 aromatic rings. The highest BCUT2D eigenvalue weighted by Crippen LogP contribution is 2.35. The first kappa shape index (κ1) is 24.9. The molecule has 0 spiro atoms. The van der Waals surface area contributed by atoms with Crippen LogP contribution in [-0.2, 0) is 12.8 Å². The molecule has 1 atom stereocenters. The quantitative estimate of drug-likeness (QED) is 0.172. The number of ketones is 1. The number of aryl methyl sites for hydroxylation is 1. The molecule has 1 unspecified atom stereocenters. The van der Waals surface area contributed by atoms with Crippen LogP contribution in [0.15, 0.2) is 97.7 Å². The van der Waals surface area contributed by atoms with Gasteiger partial charge < -0.3 is 4.40 Å². The van der Waals surface area contributed by atoms with Crippen LogP contribution in [0, 0.1) is 17.2 Å². The third-order valence-electron chi connectivity index (χ3n) is 7.82. The lowest BCUT2D eigenvalue weighted by Gasteiger charge is -2.24. The van der Waals surface area contributed by atoms with Crippen molar-refractivity contribution in [2.75, 3.05) is 0 Å². The average molecular weight is 555 g/mol. The Morgan fingerprint density at radius 3 is 2.78 bits per heavy atom. The van der Waals surface area contributed by atoms with Gasteiger partial charge in [-0.1, -0.05) is 60.1 Å². The van der Waals surface area contributed by atoms with Gasteiger partial charge in [-0.25, -0.2) is 9.50 Å². The van der Waals surface area contributed by atoms with Gasteiger partial charge in [0.15, 0.2) is 11.4 Å². The third-order valence-corrected chi connectivity index (χ3v) is 8.02. The Kier molecular flexibility index (Phi) is 6.18. The number of Topliss-reactive ketones (excluding diaryl/α,β-unsaturated/α-hetero) is 1. The van der Waals surface area contributed by atoms with Crippen molar-refractivity contribution in [3.8, 4) is 6.07 Å². The standard InChI is InChI=1S/C25H18ClN3O.C8H5N3/c26-18-13-27-24-12-23(28-29(24)14-18)25(30)17-7-8-20-16(11-17)6-10-21-19-4-2-1-3-15(19)5-9-22(20)21;9-5-7-1-2-8-6-10-3-4-11(7)8/h1-6,9-10,12-14,17H,7-8,11H2;1-4,6H. The van der Waals surface area contributed by atoms with Crippen molar-refractivity contribution in [1.29, 1.82) is 5.26 Å². The summed E-state index contributed by atoms with van der Waals surface area (Å²) in [5, 5.41) is 18.7. The molecule has 0 aliphatic heterocycles. The van der Waals surface area contributed by atoms with Gasteiger partial charge in [-0.2, -0.15) is 10.4 Å². The van der Waals surface area contributed by atoms with E-state index in [4.69, 9.17) is 16.9 Å². The van der Waals surface area contributed by atoms with Crippen LogP contribution in [0.5, 0.6) is 0 Å². The summed E-state index contributed by atoms with van der Waals surface area (Å²) < 4.78 is 3.37. The largest absolute Gasteiger partial charge is 0.305 e. The molecular formula is C33H23ClN6O. The number of hydrogen-bond donors (Lipinski definition) is 0. The highest BCUT2D eigenvalue weighted by Gasteiger charge is 2.28. The van der Waals surface area contributed by atoms with Crippen molar-refractivity contribution in [1.82, 2.24) is 24.0 Å². The number of carbonyl (C=O) groups is 1. The molecule has 0 saturated carbocycles. The molecule has 41 heavy (non-hydrogen) atoms. The lowest BCUT2D eigenvalue weighted by atomic mass is 9.79. The van der Waals surface area contributed by atoms with Gasteiger partial charge in [0, 0.05) is 30.6 Å². The maximum absolute atomic E-state index is 13.2. The average Bonchev–Trinajstić information content (AvgIpc) is 3.64. The van der Waals surface area contributed by atoms with Crippen molar-refractivity contribution < 1.29 is 4.79 Å². The van der Waals surface area contributed by atoms with E-state index >= 15 is 0 Å². The van der Waals surface area contributed by atoms with E-state index in [1.807, 2.05) is 6.07 Å². The number of fused-ring (bicyclic) bond motifs is 7. The zero-order chi connectivity index (χ0) is 27.9. The highest BCUT2D eigenvalue weighted by molar-refractivity contribution is 6.30. The number of benzene rings is 3. The van der Waals surface area contributed by atoms with Crippen molar-refractivity contribution in [2.24, 2.45) is 5.92 Å². The van der Waals surface area contributed by atoms with Gasteiger partial charge in [-0.3, -0.25) is 9.78 Å². The van der Waals surface area contributed by atoms with E-state index in [-0.39, 0.29) is 11.7 Å². The van der Waals surface area contributed by atoms with Crippen molar-refractivity contribution >= 4 is 50.1 Å². The van der Waals surface area contributed by atoms with Crippen LogP contribution in [0.2, 0.25) is 5.02 Å². The van der Waals surface area contributed by atoms with Gasteiger partial charge in [-0.15, -0.1) is 0 Å². The molecule has 4 aromatic heterocycles. The summed E-state index contributed by atoms with van der Waals surface area (Å²) in [5.41, 5.74) is 5.34. The minimum absolute atomic E-state index is 0.0595. The predicted molar refractivity (Wildman–Crippen MR) is 159 cm³/mol. The fraction of sp³-hybridized carbons (Fsp3) is 0.121. The fourth-order valence-electron chi connectivity index (χ4n) is 5.83. The van der Waals surface area contributed by atoms with E-state index < -0.39 is 0 Å². The molecule has 7 nitrogen and oxygen atoms in total. The molecule has 1 aliphatic carbocycles. The molecule has 0 bridgehead atoms. The Bertz CT molecular complexity index is 2160. The number of aromatic nitrogens is 5. The SMILES string of the molecule is N#Cc1ccc2cnccn12.O=C(c1cc2ncc(Cl)cn2n1)C1CCc2c(ccc3c2ccc2ccccc23)C1. The van der Waals surface area contributed by atoms with Crippen LogP contribution < -0.4 is 0 Å². The number of carbonyl (C=O) groups excluding carboxylic acids is 1. The van der Waals surface area contributed by atoms with Crippen LogP contribution in [0.3, 0.4) is 0 Å². The van der Waals surface area contributed by atoms with Gasteiger partial charge in [0.2, 0.25) is 0 Å². The second-order valence-corrected chi connectivity index (χ2v) is 10.6. The van der Waals surface area contributed by atoms with E-state index in [9.17, 15) is 4.79 Å². The lowest BCUT2D eigenvalue weighted by molar-refractivity contribution is 0.0903. The molecule has 0 amide bonds. The summed E-state index contributed by atoms with van der Waals surface area (Å²) in [6, 6.07) is 24.8. The van der Waals surface area contributed by atoms with Gasteiger partial charge in [0.1, 0.15) is 17.5 Å². The molecule has 8 rings (SSSR count). The Hall–Kier alpha value is -5.06. The molecule has 0 radical (unpaired) electrons. The van der Waals surface area contributed by atoms with Gasteiger partial charge in [0.05, 0.1) is 22.9 Å². The molecule has 8 heteroatoms. The van der Waals surface area contributed by atoms with E-state index in [0.717, 1.165) is 24.8 Å². The monoisotopic (exact) mass is 554 g/mol. The summed E-state index contributed by atoms with van der Waals surface area (Å²) in [4.78, 5) is 21.3. The maximum Gasteiger partial charge on any atom is 0.186 e. The normalized spacial score (nSPS) is 14.5. The van der Waals surface area contributed by atoms with Crippen LogP contribution in [0.1, 0.15) is 33.7 Å². The zero-order valence-electron chi connectivity index (χ0n) is 21.9. The molecular weight excluding hydrogens is 532 g/mol. The maximum atomic E-state index is 13.2. The van der Waals surface area contributed by atoms with Crippen molar-refractivity contribution in [2.45, 2.75) is 19.3 Å². The van der Waals surface area contributed by atoms with Crippen LogP contribution in [0.25, 0.3) is 32.7 Å². The number of nitriles is 1. The van der Waals surface area contributed by atoms with Gasteiger partial charge in [-0.05, 0) is 64.1 Å². The Morgan fingerprint density at radius 1 is 1.00 bits per heavy atom. The minimum Gasteiger partial charge on any atom is -0.305 e.